The van der Waals surface area contributed by atoms with Crippen LogP contribution in [-0.4, -0.2) is 11.2 Å². The Bertz CT molecular complexity index is 166. The summed E-state index contributed by atoms with van der Waals surface area (Å²) >= 11 is 0. The molecule has 1 nitrogen and oxygen atoms in total. The van der Waals surface area contributed by atoms with Crippen molar-refractivity contribution < 1.29 is 5.11 Å². The van der Waals surface area contributed by atoms with E-state index in [1.807, 2.05) is 6.08 Å². The molecule has 0 saturated heterocycles. The predicted octanol–water partition coefficient (Wildman–Crippen LogP) is 3.53. The third-order valence-electron chi connectivity index (χ3n) is 2.97. The van der Waals surface area contributed by atoms with E-state index >= 15 is 0 Å². The quantitative estimate of drug-likeness (QED) is 0.682. The molecule has 0 bridgehead atoms. The first-order valence-electron chi connectivity index (χ1n) is 6.05. The largest absolute Gasteiger partial charge is 0.389 e. The highest BCUT2D eigenvalue weighted by Crippen LogP contribution is 2.24. The standard InChI is InChI=1S/C13H24O/c1-11(2)10-13(14)9-8-12-6-4-3-5-7-12/h8-9,11-14H,3-7,10H2,1-2H3/b9-8+/t13-/m0/s1. The lowest BCUT2D eigenvalue weighted by molar-refractivity contribution is 0.194. The van der Waals surface area contributed by atoms with Crippen LogP contribution in [0, 0.1) is 11.8 Å². The highest BCUT2D eigenvalue weighted by molar-refractivity contribution is 4.94. The van der Waals surface area contributed by atoms with Gasteiger partial charge >= 0.3 is 0 Å². The lowest BCUT2D eigenvalue weighted by Crippen LogP contribution is -2.08. The van der Waals surface area contributed by atoms with Crippen molar-refractivity contribution in [1.82, 2.24) is 0 Å². The van der Waals surface area contributed by atoms with E-state index in [0.29, 0.717) is 5.92 Å². The van der Waals surface area contributed by atoms with E-state index in [4.69, 9.17) is 0 Å². The number of hydrogen-bond donors (Lipinski definition) is 1. The molecule has 14 heavy (non-hydrogen) atoms. The number of rotatable bonds is 4. The van der Waals surface area contributed by atoms with Crippen LogP contribution in [0.1, 0.15) is 52.4 Å². The highest BCUT2D eigenvalue weighted by Gasteiger charge is 2.10. The topological polar surface area (TPSA) is 20.2 Å². The summed E-state index contributed by atoms with van der Waals surface area (Å²) in [5.41, 5.74) is 0. The molecule has 0 aromatic carbocycles. The van der Waals surface area contributed by atoms with Crippen molar-refractivity contribution in [2.24, 2.45) is 11.8 Å². The van der Waals surface area contributed by atoms with Gasteiger partial charge in [-0.15, -0.1) is 0 Å². The Morgan fingerprint density at radius 2 is 1.86 bits per heavy atom. The molecule has 1 rings (SSSR count). The average molecular weight is 196 g/mol. The van der Waals surface area contributed by atoms with E-state index in [0.717, 1.165) is 12.3 Å². The smallest absolute Gasteiger partial charge is 0.0723 e. The average Bonchev–Trinajstić information content (AvgIpc) is 2.15. The highest BCUT2D eigenvalue weighted by atomic mass is 16.3. The predicted molar refractivity (Wildman–Crippen MR) is 61.2 cm³/mol. The molecule has 0 aliphatic heterocycles. The minimum atomic E-state index is -0.225. The summed E-state index contributed by atoms with van der Waals surface area (Å²) in [4.78, 5) is 0. The monoisotopic (exact) mass is 196 g/mol. The number of aliphatic hydroxyl groups is 1. The van der Waals surface area contributed by atoms with Crippen LogP contribution in [0.3, 0.4) is 0 Å². The van der Waals surface area contributed by atoms with E-state index in [-0.39, 0.29) is 6.10 Å². The molecule has 0 amide bonds. The van der Waals surface area contributed by atoms with Gasteiger partial charge in [-0.2, -0.15) is 0 Å². The van der Waals surface area contributed by atoms with Gasteiger partial charge in [0, 0.05) is 0 Å². The van der Waals surface area contributed by atoms with Crippen molar-refractivity contribution >= 4 is 0 Å². The summed E-state index contributed by atoms with van der Waals surface area (Å²) < 4.78 is 0. The van der Waals surface area contributed by atoms with Gasteiger partial charge in [0.1, 0.15) is 0 Å². The van der Waals surface area contributed by atoms with Crippen molar-refractivity contribution in [2.75, 3.05) is 0 Å². The second-order valence-corrected chi connectivity index (χ2v) is 4.98. The minimum Gasteiger partial charge on any atom is -0.389 e. The fraction of sp³-hybridized carbons (Fsp3) is 0.846. The molecule has 0 aromatic heterocycles. The Morgan fingerprint density at radius 1 is 1.21 bits per heavy atom. The summed E-state index contributed by atoms with van der Waals surface area (Å²) in [7, 11) is 0. The van der Waals surface area contributed by atoms with Gasteiger partial charge in [-0.1, -0.05) is 45.3 Å². The van der Waals surface area contributed by atoms with Gasteiger partial charge in [-0.3, -0.25) is 0 Å². The fourth-order valence-corrected chi connectivity index (χ4v) is 2.17. The van der Waals surface area contributed by atoms with Crippen LogP contribution in [0.4, 0.5) is 0 Å². The van der Waals surface area contributed by atoms with Crippen LogP contribution in [0.15, 0.2) is 12.2 Å². The normalized spacial score (nSPS) is 22.0. The first-order chi connectivity index (χ1) is 6.68. The van der Waals surface area contributed by atoms with E-state index in [2.05, 4.69) is 19.9 Å². The molecule has 1 atom stereocenters. The van der Waals surface area contributed by atoms with E-state index < -0.39 is 0 Å². The Labute approximate surface area is 88.2 Å². The van der Waals surface area contributed by atoms with Crippen LogP contribution in [0.25, 0.3) is 0 Å². The third-order valence-corrected chi connectivity index (χ3v) is 2.97. The molecular weight excluding hydrogens is 172 g/mol. The second-order valence-electron chi connectivity index (χ2n) is 4.98. The zero-order chi connectivity index (χ0) is 10.4. The Hall–Kier alpha value is -0.300. The van der Waals surface area contributed by atoms with E-state index in [1.54, 1.807) is 0 Å². The lowest BCUT2D eigenvalue weighted by atomic mass is 9.88. The van der Waals surface area contributed by atoms with Crippen molar-refractivity contribution in [3.63, 3.8) is 0 Å². The summed E-state index contributed by atoms with van der Waals surface area (Å²) in [6.45, 7) is 4.30. The second kappa shape index (κ2) is 6.23. The van der Waals surface area contributed by atoms with Crippen LogP contribution in [-0.2, 0) is 0 Å². The first-order valence-corrected chi connectivity index (χ1v) is 6.05. The first kappa shape index (κ1) is 11.8. The van der Waals surface area contributed by atoms with Gasteiger partial charge in [0.2, 0.25) is 0 Å². The Kier molecular flexibility index (Phi) is 5.24. The molecule has 1 aliphatic rings. The van der Waals surface area contributed by atoms with Crippen LogP contribution < -0.4 is 0 Å². The molecule has 0 unspecified atom stereocenters. The van der Waals surface area contributed by atoms with Gasteiger partial charge < -0.3 is 5.11 Å². The molecule has 1 aliphatic carbocycles. The molecule has 1 N–H and O–H groups in total. The number of allylic oxidation sites excluding steroid dienone is 1. The van der Waals surface area contributed by atoms with Crippen LogP contribution >= 0.6 is 0 Å². The number of aliphatic hydroxyl groups excluding tert-OH is 1. The Morgan fingerprint density at radius 3 is 2.43 bits per heavy atom. The molecular formula is C13H24O. The minimum absolute atomic E-state index is 0.225. The SMILES string of the molecule is CC(C)C[C@@H](O)/C=C/C1CCCCC1. The zero-order valence-electron chi connectivity index (χ0n) is 9.58. The fourth-order valence-electron chi connectivity index (χ4n) is 2.17. The van der Waals surface area contributed by atoms with Crippen molar-refractivity contribution in [3.8, 4) is 0 Å². The van der Waals surface area contributed by atoms with Gasteiger partial charge in [0.05, 0.1) is 6.10 Å². The van der Waals surface area contributed by atoms with Crippen LogP contribution in [0.5, 0.6) is 0 Å². The van der Waals surface area contributed by atoms with Crippen molar-refractivity contribution in [3.05, 3.63) is 12.2 Å². The Balaban J connectivity index is 2.23. The van der Waals surface area contributed by atoms with Crippen LogP contribution in [0.2, 0.25) is 0 Å². The van der Waals surface area contributed by atoms with E-state index in [9.17, 15) is 5.11 Å². The van der Waals surface area contributed by atoms with Crippen molar-refractivity contribution in [2.45, 2.75) is 58.5 Å². The molecule has 0 aromatic rings. The summed E-state index contributed by atoms with van der Waals surface area (Å²) in [6, 6.07) is 0. The molecule has 1 saturated carbocycles. The molecule has 0 radical (unpaired) electrons. The molecule has 1 heteroatoms. The van der Waals surface area contributed by atoms with Gasteiger partial charge in [-0.05, 0) is 31.1 Å². The van der Waals surface area contributed by atoms with Gasteiger partial charge in [-0.25, -0.2) is 0 Å². The van der Waals surface area contributed by atoms with Crippen molar-refractivity contribution in [1.29, 1.82) is 0 Å². The summed E-state index contributed by atoms with van der Waals surface area (Å²) in [5, 5.41) is 9.66. The van der Waals surface area contributed by atoms with Gasteiger partial charge in [0.25, 0.3) is 0 Å². The maximum Gasteiger partial charge on any atom is 0.0723 e. The molecule has 0 spiro atoms. The molecule has 1 fully saturated rings. The third kappa shape index (κ3) is 4.80. The molecule has 0 heterocycles. The summed E-state index contributed by atoms with van der Waals surface area (Å²) in [5.74, 6) is 1.33. The maximum atomic E-state index is 9.66. The van der Waals surface area contributed by atoms with E-state index in [1.165, 1.54) is 32.1 Å². The maximum absolute atomic E-state index is 9.66. The summed E-state index contributed by atoms with van der Waals surface area (Å²) in [6.07, 6.45) is 11.7. The molecule has 82 valence electrons. The number of hydrogen-bond acceptors (Lipinski definition) is 1. The lowest BCUT2D eigenvalue weighted by Gasteiger charge is -2.18. The van der Waals surface area contributed by atoms with Gasteiger partial charge in [0.15, 0.2) is 0 Å². The zero-order valence-corrected chi connectivity index (χ0v) is 9.58.